The summed E-state index contributed by atoms with van der Waals surface area (Å²) in [7, 11) is 1.67. The van der Waals surface area contributed by atoms with Crippen LogP contribution in [-0.4, -0.2) is 48.8 Å². The number of methoxy groups -OCH3 is 1. The van der Waals surface area contributed by atoms with E-state index >= 15 is 0 Å². The van der Waals surface area contributed by atoms with Crippen LogP contribution in [-0.2, 0) is 9.53 Å². The average molecular weight is 213 g/mol. The van der Waals surface area contributed by atoms with Crippen molar-refractivity contribution in [3.63, 3.8) is 0 Å². The highest BCUT2D eigenvalue weighted by Crippen LogP contribution is 2.46. The molecule has 0 atom stereocenters. The van der Waals surface area contributed by atoms with Gasteiger partial charge < -0.3 is 14.7 Å². The van der Waals surface area contributed by atoms with E-state index in [4.69, 9.17) is 4.74 Å². The summed E-state index contributed by atoms with van der Waals surface area (Å²) >= 11 is 0. The summed E-state index contributed by atoms with van der Waals surface area (Å²) < 4.78 is 5.06. The summed E-state index contributed by atoms with van der Waals surface area (Å²) in [6.45, 7) is 1.70. The fourth-order valence-electron chi connectivity index (χ4n) is 2.43. The van der Waals surface area contributed by atoms with Crippen LogP contribution in [0.2, 0.25) is 0 Å². The van der Waals surface area contributed by atoms with E-state index < -0.39 is 0 Å². The summed E-state index contributed by atoms with van der Waals surface area (Å²) in [4.78, 5) is 13.9. The van der Waals surface area contributed by atoms with Crippen LogP contribution in [0.4, 0.5) is 0 Å². The first-order valence-corrected chi connectivity index (χ1v) is 5.64. The van der Waals surface area contributed by atoms with Crippen molar-refractivity contribution in [1.82, 2.24) is 4.90 Å². The van der Waals surface area contributed by atoms with Gasteiger partial charge in [-0.2, -0.15) is 0 Å². The van der Waals surface area contributed by atoms with Crippen molar-refractivity contribution in [3.05, 3.63) is 0 Å². The molecule has 0 unspecified atom stereocenters. The lowest BCUT2D eigenvalue weighted by atomic mass is 9.65. The third-order valence-corrected chi connectivity index (χ3v) is 3.70. The number of likely N-dealkylation sites (tertiary alicyclic amines) is 1. The third-order valence-electron chi connectivity index (χ3n) is 3.70. The molecule has 1 saturated heterocycles. The van der Waals surface area contributed by atoms with Gasteiger partial charge in [-0.3, -0.25) is 4.79 Å². The predicted molar refractivity (Wildman–Crippen MR) is 55.4 cm³/mol. The molecule has 2 rings (SSSR count). The molecular weight excluding hydrogens is 194 g/mol. The SMILES string of the molecule is COCCC1(C(=O)N2CC(O)C2)CCC1. The number of amides is 1. The molecule has 0 aromatic rings. The fourth-order valence-corrected chi connectivity index (χ4v) is 2.43. The van der Waals surface area contributed by atoms with Crippen molar-refractivity contribution in [1.29, 1.82) is 0 Å². The molecule has 0 aromatic carbocycles. The van der Waals surface area contributed by atoms with E-state index in [1.165, 1.54) is 0 Å². The number of carbonyl (C=O) groups is 1. The van der Waals surface area contributed by atoms with Crippen LogP contribution in [0, 0.1) is 5.41 Å². The van der Waals surface area contributed by atoms with Gasteiger partial charge in [0.25, 0.3) is 0 Å². The molecular formula is C11H19NO3. The molecule has 1 amide bonds. The van der Waals surface area contributed by atoms with Crippen molar-refractivity contribution >= 4 is 5.91 Å². The van der Waals surface area contributed by atoms with Crippen molar-refractivity contribution in [3.8, 4) is 0 Å². The topological polar surface area (TPSA) is 49.8 Å². The van der Waals surface area contributed by atoms with Gasteiger partial charge in [0.2, 0.25) is 5.91 Å². The Labute approximate surface area is 90.2 Å². The van der Waals surface area contributed by atoms with Gasteiger partial charge in [0, 0.05) is 26.8 Å². The first kappa shape index (κ1) is 10.9. The molecule has 86 valence electrons. The van der Waals surface area contributed by atoms with Crippen LogP contribution in [0.25, 0.3) is 0 Å². The number of nitrogens with zero attached hydrogens (tertiary/aromatic N) is 1. The average Bonchev–Trinajstić information content (AvgIpc) is 2.11. The number of aliphatic hydroxyl groups is 1. The lowest BCUT2D eigenvalue weighted by Crippen LogP contribution is -2.59. The highest BCUT2D eigenvalue weighted by Gasteiger charge is 2.47. The maximum atomic E-state index is 12.1. The molecule has 1 N–H and O–H groups in total. The number of hydrogen-bond acceptors (Lipinski definition) is 3. The highest BCUT2D eigenvalue weighted by atomic mass is 16.5. The smallest absolute Gasteiger partial charge is 0.229 e. The first-order chi connectivity index (χ1) is 7.18. The number of carbonyl (C=O) groups excluding carboxylic acids is 1. The Bertz CT molecular complexity index is 244. The Hall–Kier alpha value is -0.610. The molecule has 4 nitrogen and oxygen atoms in total. The van der Waals surface area contributed by atoms with Gasteiger partial charge in [0.05, 0.1) is 11.5 Å². The molecule has 1 heterocycles. The second kappa shape index (κ2) is 4.10. The molecule has 15 heavy (non-hydrogen) atoms. The zero-order valence-corrected chi connectivity index (χ0v) is 9.24. The number of hydrogen-bond donors (Lipinski definition) is 1. The Morgan fingerprint density at radius 1 is 1.53 bits per heavy atom. The van der Waals surface area contributed by atoms with Crippen molar-refractivity contribution in [2.45, 2.75) is 31.8 Å². The second-order valence-electron chi connectivity index (χ2n) is 4.74. The third kappa shape index (κ3) is 1.88. The number of aliphatic hydroxyl groups excluding tert-OH is 1. The Morgan fingerprint density at radius 3 is 2.60 bits per heavy atom. The van der Waals surface area contributed by atoms with E-state index in [9.17, 15) is 9.90 Å². The van der Waals surface area contributed by atoms with Crippen molar-refractivity contribution in [2.75, 3.05) is 26.8 Å². The molecule has 4 heteroatoms. The van der Waals surface area contributed by atoms with Gasteiger partial charge in [-0.1, -0.05) is 6.42 Å². The first-order valence-electron chi connectivity index (χ1n) is 5.64. The zero-order chi connectivity index (χ0) is 10.9. The maximum Gasteiger partial charge on any atom is 0.229 e. The second-order valence-corrected chi connectivity index (χ2v) is 4.74. The quantitative estimate of drug-likeness (QED) is 0.735. The van der Waals surface area contributed by atoms with Gasteiger partial charge in [-0.25, -0.2) is 0 Å². The van der Waals surface area contributed by atoms with Crippen LogP contribution < -0.4 is 0 Å². The Balaban J connectivity index is 1.90. The number of rotatable bonds is 4. The van der Waals surface area contributed by atoms with E-state index in [1.54, 1.807) is 12.0 Å². The standard InChI is InChI=1S/C11H19NO3/c1-15-6-5-11(3-2-4-11)10(14)12-7-9(13)8-12/h9,13H,2-8H2,1H3. The molecule has 2 aliphatic rings. The Morgan fingerprint density at radius 2 is 2.20 bits per heavy atom. The molecule has 1 aliphatic carbocycles. The molecule has 0 spiro atoms. The number of ether oxygens (including phenoxy) is 1. The normalized spacial score (nSPS) is 24.5. The van der Waals surface area contributed by atoms with E-state index in [0.29, 0.717) is 19.7 Å². The minimum Gasteiger partial charge on any atom is -0.389 e. The predicted octanol–water partition coefficient (Wildman–Crippen LogP) is 0.396. The van der Waals surface area contributed by atoms with Crippen LogP contribution in [0.3, 0.4) is 0 Å². The molecule has 2 fully saturated rings. The van der Waals surface area contributed by atoms with E-state index in [-0.39, 0.29) is 17.4 Å². The van der Waals surface area contributed by atoms with Gasteiger partial charge in [-0.15, -0.1) is 0 Å². The van der Waals surface area contributed by atoms with Gasteiger partial charge in [-0.05, 0) is 19.3 Å². The summed E-state index contributed by atoms with van der Waals surface area (Å²) in [6, 6.07) is 0. The lowest BCUT2D eigenvalue weighted by Gasteiger charge is -2.47. The monoisotopic (exact) mass is 213 g/mol. The fraction of sp³-hybridized carbons (Fsp3) is 0.909. The summed E-state index contributed by atoms with van der Waals surface area (Å²) in [5.74, 6) is 0.233. The molecule has 0 radical (unpaired) electrons. The highest BCUT2D eigenvalue weighted by molar-refractivity contribution is 5.84. The van der Waals surface area contributed by atoms with Crippen LogP contribution in [0.15, 0.2) is 0 Å². The molecule has 0 bridgehead atoms. The van der Waals surface area contributed by atoms with Gasteiger partial charge in [0.1, 0.15) is 0 Å². The molecule has 1 saturated carbocycles. The van der Waals surface area contributed by atoms with Crippen molar-refractivity contribution < 1.29 is 14.6 Å². The minimum absolute atomic E-state index is 0.157. The minimum atomic E-state index is -0.298. The number of β-amino-alcohol motifs (C(OH)–C–C–N with tert-alkyl or cyclic N) is 1. The van der Waals surface area contributed by atoms with Crippen molar-refractivity contribution in [2.24, 2.45) is 5.41 Å². The zero-order valence-electron chi connectivity index (χ0n) is 9.24. The summed E-state index contributed by atoms with van der Waals surface area (Å²) in [5.41, 5.74) is -0.157. The maximum absolute atomic E-state index is 12.1. The van der Waals surface area contributed by atoms with Crippen LogP contribution in [0.5, 0.6) is 0 Å². The lowest BCUT2D eigenvalue weighted by molar-refractivity contribution is -0.159. The van der Waals surface area contributed by atoms with E-state index in [0.717, 1.165) is 25.7 Å². The van der Waals surface area contributed by atoms with Gasteiger partial charge >= 0.3 is 0 Å². The van der Waals surface area contributed by atoms with Crippen LogP contribution >= 0.6 is 0 Å². The summed E-state index contributed by atoms with van der Waals surface area (Å²) in [5, 5.41) is 9.18. The molecule has 1 aliphatic heterocycles. The van der Waals surface area contributed by atoms with E-state index in [1.807, 2.05) is 0 Å². The van der Waals surface area contributed by atoms with E-state index in [2.05, 4.69) is 0 Å². The Kier molecular flexibility index (Phi) is 2.98. The largest absolute Gasteiger partial charge is 0.389 e. The van der Waals surface area contributed by atoms with Crippen LogP contribution in [0.1, 0.15) is 25.7 Å². The van der Waals surface area contributed by atoms with Gasteiger partial charge in [0.15, 0.2) is 0 Å². The summed E-state index contributed by atoms with van der Waals surface area (Å²) in [6.07, 6.45) is 3.65. The molecule has 0 aromatic heterocycles.